The Morgan fingerprint density at radius 2 is 2.10 bits per heavy atom. The second-order valence-electron chi connectivity index (χ2n) is 5.26. The summed E-state index contributed by atoms with van der Waals surface area (Å²) >= 11 is 0. The molecular formula is C15H25N5. The van der Waals surface area contributed by atoms with Crippen molar-refractivity contribution in [3.8, 4) is 0 Å². The highest BCUT2D eigenvalue weighted by Crippen LogP contribution is 2.05. The summed E-state index contributed by atoms with van der Waals surface area (Å²) in [6.45, 7) is 10.2. The summed E-state index contributed by atoms with van der Waals surface area (Å²) in [6.07, 6.45) is 6.10. The Hall–Kier alpha value is -1.62. The van der Waals surface area contributed by atoms with E-state index in [1.54, 1.807) is 0 Å². The molecule has 0 atom stereocenters. The van der Waals surface area contributed by atoms with Crippen LogP contribution < -0.4 is 5.32 Å². The predicted molar refractivity (Wildman–Crippen MR) is 80.5 cm³/mol. The van der Waals surface area contributed by atoms with Gasteiger partial charge in [0.25, 0.3) is 0 Å². The SMILES string of the molecule is CCCNCc1cncn1CCCn1nc(C)cc1C. The van der Waals surface area contributed by atoms with Gasteiger partial charge in [-0.15, -0.1) is 0 Å². The molecule has 0 aliphatic carbocycles. The van der Waals surface area contributed by atoms with Gasteiger partial charge in [0.1, 0.15) is 0 Å². The van der Waals surface area contributed by atoms with Crippen molar-refractivity contribution in [1.82, 2.24) is 24.6 Å². The van der Waals surface area contributed by atoms with Crippen molar-refractivity contribution in [1.29, 1.82) is 0 Å². The van der Waals surface area contributed by atoms with Gasteiger partial charge in [0, 0.05) is 31.5 Å². The van der Waals surface area contributed by atoms with Crippen LogP contribution in [0.25, 0.3) is 0 Å². The molecule has 0 aliphatic heterocycles. The number of nitrogens with one attached hydrogen (secondary N) is 1. The summed E-state index contributed by atoms with van der Waals surface area (Å²) in [5, 5.41) is 7.91. The molecule has 0 spiro atoms. The zero-order valence-corrected chi connectivity index (χ0v) is 12.8. The third kappa shape index (κ3) is 3.93. The van der Waals surface area contributed by atoms with Crippen molar-refractivity contribution in [2.45, 2.75) is 53.2 Å². The quantitative estimate of drug-likeness (QED) is 0.752. The lowest BCUT2D eigenvalue weighted by Crippen LogP contribution is -2.17. The fourth-order valence-electron chi connectivity index (χ4n) is 2.38. The summed E-state index contributed by atoms with van der Waals surface area (Å²) < 4.78 is 4.32. The minimum absolute atomic E-state index is 0.897. The fourth-order valence-corrected chi connectivity index (χ4v) is 2.38. The van der Waals surface area contributed by atoms with Crippen LogP contribution in [-0.4, -0.2) is 25.9 Å². The Morgan fingerprint density at radius 1 is 1.25 bits per heavy atom. The highest BCUT2D eigenvalue weighted by molar-refractivity contribution is 5.06. The van der Waals surface area contributed by atoms with Crippen LogP contribution in [0.1, 0.15) is 36.8 Å². The molecule has 2 aromatic heterocycles. The van der Waals surface area contributed by atoms with Crippen LogP contribution in [0, 0.1) is 13.8 Å². The van der Waals surface area contributed by atoms with Gasteiger partial charge in [-0.05, 0) is 39.3 Å². The smallest absolute Gasteiger partial charge is 0.0948 e. The van der Waals surface area contributed by atoms with Gasteiger partial charge in [-0.1, -0.05) is 6.92 Å². The van der Waals surface area contributed by atoms with Crippen molar-refractivity contribution in [2.75, 3.05) is 6.54 Å². The molecule has 110 valence electrons. The van der Waals surface area contributed by atoms with E-state index in [4.69, 9.17) is 0 Å². The van der Waals surface area contributed by atoms with Crippen LogP contribution in [0.2, 0.25) is 0 Å². The molecule has 0 saturated carbocycles. The number of aromatic nitrogens is 4. The minimum atomic E-state index is 0.897. The molecule has 0 radical (unpaired) electrons. The average molecular weight is 275 g/mol. The zero-order chi connectivity index (χ0) is 14.4. The molecule has 0 saturated heterocycles. The lowest BCUT2D eigenvalue weighted by Gasteiger charge is -2.09. The number of nitrogens with zero attached hydrogens (tertiary/aromatic N) is 4. The van der Waals surface area contributed by atoms with E-state index in [2.05, 4.69) is 44.6 Å². The maximum Gasteiger partial charge on any atom is 0.0948 e. The van der Waals surface area contributed by atoms with E-state index in [0.29, 0.717) is 0 Å². The van der Waals surface area contributed by atoms with Gasteiger partial charge in [0.15, 0.2) is 0 Å². The third-order valence-corrected chi connectivity index (χ3v) is 3.40. The van der Waals surface area contributed by atoms with Gasteiger partial charge in [-0.2, -0.15) is 5.10 Å². The van der Waals surface area contributed by atoms with E-state index in [-0.39, 0.29) is 0 Å². The van der Waals surface area contributed by atoms with E-state index in [9.17, 15) is 0 Å². The maximum atomic E-state index is 4.49. The first kappa shape index (κ1) is 14.8. The Morgan fingerprint density at radius 3 is 2.80 bits per heavy atom. The summed E-state index contributed by atoms with van der Waals surface area (Å²) in [6, 6.07) is 2.12. The van der Waals surface area contributed by atoms with Gasteiger partial charge in [0.05, 0.1) is 17.7 Å². The van der Waals surface area contributed by atoms with Crippen molar-refractivity contribution in [2.24, 2.45) is 0 Å². The van der Waals surface area contributed by atoms with E-state index in [1.807, 2.05) is 19.4 Å². The van der Waals surface area contributed by atoms with E-state index in [0.717, 1.165) is 44.7 Å². The maximum absolute atomic E-state index is 4.49. The largest absolute Gasteiger partial charge is 0.333 e. The summed E-state index contributed by atoms with van der Waals surface area (Å²) in [5.41, 5.74) is 3.58. The number of hydrogen-bond donors (Lipinski definition) is 1. The molecule has 0 aromatic carbocycles. The Labute approximate surface area is 121 Å². The molecule has 1 N–H and O–H groups in total. The van der Waals surface area contributed by atoms with Gasteiger partial charge in [0.2, 0.25) is 0 Å². The molecule has 2 heterocycles. The molecule has 0 amide bonds. The molecule has 2 aromatic rings. The second kappa shape index (κ2) is 7.24. The van der Waals surface area contributed by atoms with E-state index >= 15 is 0 Å². The van der Waals surface area contributed by atoms with Crippen LogP contribution in [0.5, 0.6) is 0 Å². The second-order valence-corrected chi connectivity index (χ2v) is 5.26. The topological polar surface area (TPSA) is 47.7 Å². The molecular weight excluding hydrogens is 250 g/mol. The zero-order valence-electron chi connectivity index (χ0n) is 12.8. The van der Waals surface area contributed by atoms with Gasteiger partial charge < -0.3 is 9.88 Å². The third-order valence-electron chi connectivity index (χ3n) is 3.40. The van der Waals surface area contributed by atoms with Gasteiger partial charge >= 0.3 is 0 Å². The Balaban J connectivity index is 1.82. The fraction of sp³-hybridized carbons (Fsp3) is 0.600. The molecule has 20 heavy (non-hydrogen) atoms. The number of imidazole rings is 1. The van der Waals surface area contributed by atoms with Gasteiger partial charge in [-0.3, -0.25) is 4.68 Å². The standard InChI is InChI=1S/C15H25N5/c1-4-6-16-10-15-11-17-12-19(15)7-5-8-20-14(3)9-13(2)18-20/h9,11-12,16H,4-8,10H2,1-3H3. The number of rotatable bonds is 8. The first-order valence-corrected chi connectivity index (χ1v) is 7.41. The molecule has 5 nitrogen and oxygen atoms in total. The van der Waals surface area contributed by atoms with Crippen LogP contribution >= 0.6 is 0 Å². The molecule has 0 bridgehead atoms. The van der Waals surface area contributed by atoms with Crippen molar-refractivity contribution in [3.05, 3.63) is 35.7 Å². The summed E-state index contributed by atoms with van der Waals surface area (Å²) in [4.78, 5) is 4.25. The Bertz CT molecular complexity index is 526. The minimum Gasteiger partial charge on any atom is -0.333 e. The average Bonchev–Trinajstić information content (AvgIpc) is 2.97. The lowest BCUT2D eigenvalue weighted by molar-refractivity contribution is 0.503. The predicted octanol–water partition coefficient (Wildman–Crippen LogP) is 2.29. The first-order valence-electron chi connectivity index (χ1n) is 7.41. The van der Waals surface area contributed by atoms with Gasteiger partial charge in [-0.25, -0.2) is 4.98 Å². The van der Waals surface area contributed by atoms with Crippen LogP contribution in [-0.2, 0) is 19.6 Å². The monoisotopic (exact) mass is 275 g/mol. The van der Waals surface area contributed by atoms with E-state index in [1.165, 1.54) is 11.4 Å². The highest BCUT2D eigenvalue weighted by Gasteiger charge is 2.03. The molecule has 2 rings (SSSR count). The first-order chi connectivity index (χ1) is 9.70. The van der Waals surface area contributed by atoms with Crippen molar-refractivity contribution < 1.29 is 0 Å². The summed E-state index contributed by atoms with van der Waals surface area (Å²) in [7, 11) is 0. The summed E-state index contributed by atoms with van der Waals surface area (Å²) in [5.74, 6) is 0. The molecule has 0 unspecified atom stereocenters. The van der Waals surface area contributed by atoms with Crippen LogP contribution in [0.15, 0.2) is 18.6 Å². The van der Waals surface area contributed by atoms with Crippen LogP contribution in [0.4, 0.5) is 0 Å². The van der Waals surface area contributed by atoms with E-state index < -0.39 is 0 Å². The molecule has 5 heteroatoms. The molecule has 0 aliphatic rings. The lowest BCUT2D eigenvalue weighted by atomic mass is 10.3. The highest BCUT2D eigenvalue weighted by atomic mass is 15.3. The normalized spacial score (nSPS) is 11.2. The van der Waals surface area contributed by atoms with Crippen molar-refractivity contribution >= 4 is 0 Å². The Kier molecular flexibility index (Phi) is 5.35. The molecule has 0 fully saturated rings. The number of hydrogen-bond acceptors (Lipinski definition) is 3. The van der Waals surface area contributed by atoms with Crippen LogP contribution in [0.3, 0.4) is 0 Å². The number of aryl methyl sites for hydroxylation is 4. The van der Waals surface area contributed by atoms with Crippen molar-refractivity contribution in [3.63, 3.8) is 0 Å².